The number of aliphatic hydroxyl groups is 1. The van der Waals surface area contributed by atoms with E-state index in [9.17, 15) is 5.11 Å². The molecule has 4 rings (SSSR count). The number of aromatic nitrogens is 4. The van der Waals surface area contributed by atoms with Crippen LogP contribution in [0.5, 0.6) is 5.75 Å². The highest BCUT2D eigenvalue weighted by Gasteiger charge is 2.23. The van der Waals surface area contributed by atoms with Crippen molar-refractivity contribution in [1.29, 1.82) is 0 Å². The molecular formula is C20H25N5O2. The number of hydrogen-bond acceptors (Lipinski definition) is 6. The Labute approximate surface area is 158 Å². The molecule has 0 aliphatic heterocycles. The van der Waals surface area contributed by atoms with E-state index >= 15 is 0 Å². The molecule has 2 aromatic heterocycles. The van der Waals surface area contributed by atoms with Gasteiger partial charge in [0, 0.05) is 25.1 Å². The van der Waals surface area contributed by atoms with Crippen LogP contribution in [0, 0.1) is 0 Å². The molecule has 7 nitrogen and oxygen atoms in total. The van der Waals surface area contributed by atoms with Gasteiger partial charge >= 0.3 is 0 Å². The summed E-state index contributed by atoms with van der Waals surface area (Å²) in [5.41, 5.74) is 1.57. The minimum Gasteiger partial charge on any atom is -0.496 e. The van der Waals surface area contributed by atoms with Gasteiger partial charge in [-0.15, -0.1) is 0 Å². The van der Waals surface area contributed by atoms with Crippen molar-refractivity contribution in [2.45, 2.75) is 37.7 Å². The van der Waals surface area contributed by atoms with Gasteiger partial charge in [0.1, 0.15) is 17.4 Å². The number of methoxy groups -OCH3 is 1. The molecular weight excluding hydrogens is 342 g/mol. The fourth-order valence-electron chi connectivity index (χ4n) is 3.79. The van der Waals surface area contributed by atoms with Crippen molar-refractivity contribution >= 4 is 16.9 Å². The molecule has 0 bridgehead atoms. The number of rotatable bonds is 6. The van der Waals surface area contributed by atoms with Gasteiger partial charge < -0.3 is 15.2 Å². The van der Waals surface area contributed by atoms with Crippen molar-refractivity contribution in [3.63, 3.8) is 0 Å². The van der Waals surface area contributed by atoms with Gasteiger partial charge in [0.05, 0.1) is 24.8 Å². The van der Waals surface area contributed by atoms with Gasteiger partial charge in [0.2, 0.25) is 0 Å². The number of aliphatic hydroxyl groups excluding tert-OH is 1. The van der Waals surface area contributed by atoms with E-state index in [0.717, 1.165) is 41.1 Å². The maximum absolute atomic E-state index is 10.6. The summed E-state index contributed by atoms with van der Waals surface area (Å²) in [6.45, 7) is 0.325. The molecule has 2 heterocycles. The monoisotopic (exact) mass is 367 g/mol. The minimum absolute atomic E-state index is 0.325. The number of fused-ring (bicyclic) bond motifs is 1. The van der Waals surface area contributed by atoms with Crippen LogP contribution < -0.4 is 10.1 Å². The van der Waals surface area contributed by atoms with E-state index in [-0.39, 0.29) is 0 Å². The molecule has 1 aliphatic rings. The van der Waals surface area contributed by atoms with E-state index in [2.05, 4.69) is 10.4 Å². The maximum Gasteiger partial charge on any atom is 0.163 e. The summed E-state index contributed by atoms with van der Waals surface area (Å²) in [5, 5.41) is 19.1. The topological polar surface area (TPSA) is 85.1 Å². The lowest BCUT2D eigenvalue weighted by molar-refractivity contribution is 0.187. The van der Waals surface area contributed by atoms with E-state index in [4.69, 9.17) is 14.7 Å². The highest BCUT2D eigenvalue weighted by atomic mass is 16.5. The van der Waals surface area contributed by atoms with Crippen LogP contribution in [-0.2, 0) is 7.05 Å². The first-order valence-corrected chi connectivity index (χ1v) is 9.42. The first kappa shape index (κ1) is 17.7. The Kier molecular flexibility index (Phi) is 4.94. The average molecular weight is 367 g/mol. The maximum atomic E-state index is 10.6. The summed E-state index contributed by atoms with van der Waals surface area (Å²) in [6.07, 6.45) is 5.78. The van der Waals surface area contributed by atoms with Gasteiger partial charge in [0.15, 0.2) is 5.65 Å². The molecule has 1 saturated carbocycles. The van der Waals surface area contributed by atoms with Gasteiger partial charge in [-0.2, -0.15) is 5.10 Å². The zero-order chi connectivity index (χ0) is 18.8. The minimum atomic E-state index is -0.710. The Bertz CT molecular complexity index is 933. The van der Waals surface area contributed by atoms with Crippen LogP contribution in [0.2, 0.25) is 0 Å². The number of nitrogens with zero attached hydrogens (tertiary/aromatic N) is 4. The fraction of sp³-hybridized carbons (Fsp3) is 0.450. The number of ether oxygens (including phenoxy) is 1. The lowest BCUT2D eigenvalue weighted by Gasteiger charge is -2.17. The van der Waals surface area contributed by atoms with Crippen molar-refractivity contribution in [2.24, 2.45) is 7.05 Å². The molecule has 0 amide bonds. The second-order valence-corrected chi connectivity index (χ2v) is 7.06. The summed E-state index contributed by atoms with van der Waals surface area (Å²) in [7, 11) is 3.50. The third-order valence-corrected chi connectivity index (χ3v) is 5.29. The molecule has 2 N–H and O–H groups in total. The second-order valence-electron chi connectivity index (χ2n) is 7.06. The number of hydrogen-bond donors (Lipinski definition) is 2. The Morgan fingerprint density at radius 1 is 1.26 bits per heavy atom. The van der Waals surface area contributed by atoms with E-state index in [1.54, 1.807) is 18.0 Å². The number of aryl methyl sites for hydroxylation is 1. The predicted molar refractivity (Wildman–Crippen MR) is 104 cm³/mol. The molecule has 7 heteroatoms. The largest absolute Gasteiger partial charge is 0.496 e. The van der Waals surface area contributed by atoms with Gasteiger partial charge in [0.25, 0.3) is 0 Å². The van der Waals surface area contributed by atoms with Crippen LogP contribution in [0.3, 0.4) is 0 Å². The van der Waals surface area contributed by atoms with Gasteiger partial charge in [-0.05, 0) is 18.9 Å². The standard InChI is InChI=1S/C20H25N5O2/c1-25-20-15(11-22-25)19(23-18(24-20)13-7-3-4-8-13)21-12-16(26)14-9-5-6-10-17(14)27-2/h5-6,9-11,13,16,26H,3-4,7-8,12H2,1-2H3,(H,21,23,24). The third-order valence-electron chi connectivity index (χ3n) is 5.29. The molecule has 1 atom stereocenters. The molecule has 0 spiro atoms. The summed E-state index contributed by atoms with van der Waals surface area (Å²) < 4.78 is 7.13. The van der Waals surface area contributed by atoms with Crippen LogP contribution in [0.4, 0.5) is 5.82 Å². The smallest absolute Gasteiger partial charge is 0.163 e. The summed E-state index contributed by atoms with van der Waals surface area (Å²) >= 11 is 0. The van der Waals surface area contributed by atoms with Crippen LogP contribution >= 0.6 is 0 Å². The summed E-state index contributed by atoms with van der Waals surface area (Å²) in [5.74, 6) is 2.68. The van der Waals surface area contributed by atoms with Crippen LogP contribution in [0.1, 0.15) is 49.1 Å². The molecule has 3 aromatic rings. The third kappa shape index (κ3) is 3.47. The zero-order valence-electron chi connectivity index (χ0n) is 15.7. The molecule has 27 heavy (non-hydrogen) atoms. The van der Waals surface area contributed by atoms with Crippen molar-refractivity contribution in [2.75, 3.05) is 19.0 Å². The number of benzene rings is 1. The molecule has 0 saturated heterocycles. The number of anilines is 1. The molecule has 0 radical (unpaired) electrons. The highest BCUT2D eigenvalue weighted by molar-refractivity contribution is 5.86. The van der Waals surface area contributed by atoms with E-state index in [1.165, 1.54) is 12.8 Å². The fourth-order valence-corrected chi connectivity index (χ4v) is 3.79. The van der Waals surface area contributed by atoms with E-state index in [1.807, 2.05) is 31.3 Å². The lowest BCUT2D eigenvalue weighted by Crippen LogP contribution is -2.15. The van der Waals surface area contributed by atoms with Crippen molar-refractivity contribution in [3.05, 3.63) is 41.9 Å². The first-order chi connectivity index (χ1) is 13.2. The highest BCUT2D eigenvalue weighted by Crippen LogP contribution is 2.34. The Hall–Kier alpha value is -2.67. The quantitative estimate of drug-likeness (QED) is 0.696. The van der Waals surface area contributed by atoms with Crippen LogP contribution in [0.15, 0.2) is 30.5 Å². The van der Waals surface area contributed by atoms with E-state index in [0.29, 0.717) is 18.2 Å². The normalized spacial score (nSPS) is 16.0. The van der Waals surface area contributed by atoms with Gasteiger partial charge in [-0.25, -0.2) is 9.97 Å². The van der Waals surface area contributed by atoms with Gasteiger partial charge in [-0.3, -0.25) is 4.68 Å². The Balaban J connectivity index is 1.61. The molecule has 1 aliphatic carbocycles. The number of para-hydroxylation sites is 1. The summed E-state index contributed by atoms with van der Waals surface area (Å²) in [6, 6.07) is 7.50. The van der Waals surface area contributed by atoms with Crippen molar-refractivity contribution in [3.8, 4) is 5.75 Å². The average Bonchev–Trinajstić information content (AvgIpc) is 3.36. The van der Waals surface area contributed by atoms with Gasteiger partial charge in [-0.1, -0.05) is 31.0 Å². The zero-order valence-corrected chi connectivity index (χ0v) is 15.7. The molecule has 1 aromatic carbocycles. The first-order valence-electron chi connectivity index (χ1n) is 9.42. The summed E-state index contributed by atoms with van der Waals surface area (Å²) in [4.78, 5) is 9.54. The van der Waals surface area contributed by atoms with Crippen LogP contribution in [-0.4, -0.2) is 38.5 Å². The SMILES string of the molecule is COc1ccccc1C(O)CNc1nc(C2CCCC2)nc2c1cnn2C. The van der Waals surface area contributed by atoms with E-state index < -0.39 is 6.10 Å². The lowest BCUT2D eigenvalue weighted by atomic mass is 10.1. The molecule has 1 unspecified atom stereocenters. The van der Waals surface area contributed by atoms with Crippen molar-refractivity contribution in [1.82, 2.24) is 19.7 Å². The van der Waals surface area contributed by atoms with Crippen molar-refractivity contribution < 1.29 is 9.84 Å². The Morgan fingerprint density at radius 2 is 2.04 bits per heavy atom. The Morgan fingerprint density at radius 3 is 2.81 bits per heavy atom. The van der Waals surface area contributed by atoms with Crippen LogP contribution in [0.25, 0.3) is 11.0 Å². The molecule has 142 valence electrons. The molecule has 1 fully saturated rings. The second kappa shape index (κ2) is 7.52. The predicted octanol–water partition coefficient (Wildman–Crippen LogP) is 3.18. The number of nitrogens with one attached hydrogen (secondary N) is 1.